The minimum absolute atomic E-state index is 0.161. The molecule has 1 aromatic rings. The Labute approximate surface area is 81.3 Å². The zero-order chi connectivity index (χ0) is 10.7. The fourth-order valence-electron chi connectivity index (χ4n) is 1.25. The van der Waals surface area contributed by atoms with Crippen molar-refractivity contribution in [2.24, 2.45) is 0 Å². The average Bonchev–Trinajstić information content (AvgIpc) is 2.34. The Balaban J connectivity index is 3.01. The molecule has 0 spiro atoms. The lowest BCUT2D eigenvalue weighted by molar-refractivity contribution is -0.137. The van der Waals surface area contributed by atoms with Gasteiger partial charge in [0.2, 0.25) is 0 Å². The van der Waals surface area contributed by atoms with Gasteiger partial charge in [-0.15, -0.1) is 0 Å². The van der Waals surface area contributed by atoms with Crippen LogP contribution in [0.5, 0.6) is 0 Å². The van der Waals surface area contributed by atoms with Gasteiger partial charge in [-0.2, -0.15) is 5.10 Å². The first-order valence-electron chi connectivity index (χ1n) is 4.24. The number of carboxylic acids is 1. The third kappa shape index (κ3) is 1.99. The van der Waals surface area contributed by atoms with Crippen molar-refractivity contribution in [3.8, 4) is 0 Å². The number of hydrogen-bond donors (Lipinski definition) is 1. The van der Waals surface area contributed by atoms with E-state index in [2.05, 4.69) is 5.10 Å². The van der Waals surface area contributed by atoms with Crippen LogP contribution in [0, 0.1) is 13.8 Å². The molecule has 0 saturated heterocycles. The molecule has 0 bridgehead atoms. The maximum Gasteiger partial charge on any atom is 0.325 e. The lowest BCUT2D eigenvalue weighted by Crippen LogP contribution is -2.11. The van der Waals surface area contributed by atoms with Crippen molar-refractivity contribution in [2.75, 3.05) is 0 Å². The van der Waals surface area contributed by atoms with Crippen LogP contribution in [-0.4, -0.2) is 27.1 Å². The van der Waals surface area contributed by atoms with Crippen LogP contribution in [0.2, 0.25) is 0 Å². The van der Waals surface area contributed by atoms with Crippen molar-refractivity contribution in [1.82, 2.24) is 9.78 Å². The lowest BCUT2D eigenvalue weighted by atomic mass is 10.2. The van der Waals surface area contributed by atoms with E-state index in [0.29, 0.717) is 5.69 Å². The molecule has 5 nitrogen and oxygen atoms in total. The average molecular weight is 196 g/mol. The molecule has 14 heavy (non-hydrogen) atoms. The lowest BCUT2D eigenvalue weighted by Gasteiger charge is -1.98. The third-order valence-electron chi connectivity index (χ3n) is 2.17. The van der Waals surface area contributed by atoms with Gasteiger partial charge in [0.1, 0.15) is 12.8 Å². The van der Waals surface area contributed by atoms with Crippen molar-refractivity contribution < 1.29 is 14.7 Å². The normalized spacial score (nSPS) is 10.1. The highest BCUT2D eigenvalue weighted by atomic mass is 16.4. The van der Waals surface area contributed by atoms with Gasteiger partial charge >= 0.3 is 5.97 Å². The van der Waals surface area contributed by atoms with Gasteiger partial charge in [0.05, 0.1) is 5.69 Å². The number of carboxylic acid groups (broad SMARTS) is 1. The van der Waals surface area contributed by atoms with E-state index in [9.17, 15) is 9.59 Å². The van der Waals surface area contributed by atoms with Crippen LogP contribution in [0.1, 0.15) is 17.0 Å². The topological polar surface area (TPSA) is 72.2 Å². The number of rotatable bonds is 4. The summed E-state index contributed by atoms with van der Waals surface area (Å²) in [5.74, 6) is -0.937. The maximum absolute atomic E-state index is 10.5. The van der Waals surface area contributed by atoms with Gasteiger partial charge in [-0.25, -0.2) is 0 Å². The van der Waals surface area contributed by atoms with E-state index < -0.39 is 5.97 Å². The SMILES string of the molecule is Cc1c(CC=O)nn(CC(=O)O)c1C. The van der Waals surface area contributed by atoms with Gasteiger partial charge in [0.25, 0.3) is 0 Å². The Kier molecular flexibility index (Phi) is 3.01. The predicted molar refractivity (Wildman–Crippen MR) is 49.1 cm³/mol. The van der Waals surface area contributed by atoms with Crippen LogP contribution in [0.15, 0.2) is 0 Å². The summed E-state index contributed by atoms with van der Waals surface area (Å²) in [6.07, 6.45) is 0.999. The molecule has 0 aliphatic rings. The number of aliphatic carboxylic acids is 1. The quantitative estimate of drug-likeness (QED) is 0.704. The molecule has 0 radical (unpaired) electrons. The summed E-state index contributed by atoms with van der Waals surface area (Å²) in [7, 11) is 0. The fourth-order valence-corrected chi connectivity index (χ4v) is 1.25. The molecule has 0 fully saturated rings. The van der Waals surface area contributed by atoms with E-state index in [0.717, 1.165) is 17.5 Å². The summed E-state index contributed by atoms with van der Waals surface area (Å²) in [6.45, 7) is 3.46. The Morgan fingerprint density at radius 1 is 1.57 bits per heavy atom. The highest BCUT2D eigenvalue weighted by Gasteiger charge is 2.11. The van der Waals surface area contributed by atoms with Crippen molar-refractivity contribution >= 4 is 12.3 Å². The Hall–Kier alpha value is -1.65. The number of aldehydes is 1. The monoisotopic (exact) mass is 196 g/mol. The highest BCUT2D eigenvalue weighted by Crippen LogP contribution is 2.11. The number of carbonyl (C=O) groups excluding carboxylic acids is 1. The Morgan fingerprint density at radius 2 is 2.21 bits per heavy atom. The predicted octanol–water partition coefficient (Wildman–Crippen LogP) is 0.326. The first-order chi connectivity index (χ1) is 6.56. The van der Waals surface area contributed by atoms with Crippen LogP contribution < -0.4 is 0 Å². The second kappa shape index (κ2) is 4.04. The second-order valence-corrected chi connectivity index (χ2v) is 3.08. The molecule has 0 amide bonds. The van der Waals surface area contributed by atoms with E-state index in [1.807, 2.05) is 6.92 Å². The minimum Gasteiger partial charge on any atom is -0.480 e. The third-order valence-corrected chi connectivity index (χ3v) is 2.17. The van der Waals surface area contributed by atoms with Crippen molar-refractivity contribution in [1.29, 1.82) is 0 Å². The van der Waals surface area contributed by atoms with Gasteiger partial charge in [-0.1, -0.05) is 0 Å². The number of carbonyl (C=O) groups is 2. The van der Waals surface area contributed by atoms with E-state index in [1.165, 1.54) is 4.68 Å². The Bertz CT molecular complexity index is 368. The summed E-state index contributed by atoms with van der Waals surface area (Å²) in [5, 5.41) is 12.6. The van der Waals surface area contributed by atoms with E-state index in [4.69, 9.17) is 5.11 Å². The summed E-state index contributed by atoms with van der Waals surface area (Å²) in [4.78, 5) is 20.8. The number of aromatic nitrogens is 2. The van der Waals surface area contributed by atoms with Gasteiger partial charge < -0.3 is 9.90 Å². The molecule has 76 valence electrons. The van der Waals surface area contributed by atoms with E-state index in [1.54, 1.807) is 6.92 Å². The standard InChI is InChI=1S/C9H12N2O3/c1-6-7(2)11(5-9(13)14)10-8(6)3-4-12/h4H,3,5H2,1-2H3,(H,13,14). The summed E-state index contributed by atoms with van der Waals surface area (Å²) in [5.41, 5.74) is 2.33. The van der Waals surface area contributed by atoms with Crippen molar-refractivity contribution in [3.05, 3.63) is 17.0 Å². The highest BCUT2D eigenvalue weighted by molar-refractivity contribution is 5.66. The largest absolute Gasteiger partial charge is 0.480 e. The molecule has 0 saturated carbocycles. The molecule has 1 N–H and O–H groups in total. The van der Waals surface area contributed by atoms with Crippen LogP contribution in [0.4, 0.5) is 0 Å². The summed E-state index contributed by atoms with van der Waals surface area (Å²) in [6, 6.07) is 0. The van der Waals surface area contributed by atoms with Crippen LogP contribution in [0.25, 0.3) is 0 Å². The van der Waals surface area contributed by atoms with Crippen molar-refractivity contribution in [2.45, 2.75) is 26.8 Å². The van der Waals surface area contributed by atoms with Crippen LogP contribution in [0.3, 0.4) is 0 Å². The molecule has 1 heterocycles. The molecule has 0 aliphatic heterocycles. The molecular weight excluding hydrogens is 184 g/mol. The maximum atomic E-state index is 10.5. The molecule has 0 aromatic carbocycles. The van der Waals surface area contributed by atoms with Gasteiger partial charge in [0, 0.05) is 12.1 Å². The fraction of sp³-hybridized carbons (Fsp3) is 0.444. The number of nitrogens with zero attached hydrogens (tertiary/aromatic N) is 2. The molecule has 5 heteroatoms. The van der Waals surface area contributed by atoms with E-state index in [-0.39, 0.29) is 13.0 Å². The summed E-state index contributed by atoms with van der Waals surface area (Å²) >= 11 is 0. The molecule has 0 unspecified atom stereocenters. The molecule has 0 atom stereocenters. The minimum atomic E-state index is -0.937. The van der Waals surface area contributed by atoms with E-state index >= 15 is 0 Å². The summed E-state index contributed by atoms with van der Waals surface area (Å²) < 4.78 is 1.40. The zero-order valence-electron chi connectivity index (χ0n) is 8.15. The molecular formula is C9H12N2O3. The van der Waals surface area contributed by atoms with Crippen LogP contribution >= 0.6 is 0 Å². The number of hydrogen-bond acceptors (Lipinski definition) is 3. The first kappa shape index (κ1) is 10.4. The first-order valence-corrected chi connectivity index (χ1v) is 4.24. The van der Waals surface area contributed by atoms with Gasteiger partial charge in [-0.3, -0.25) is 9.48 Å². The van der Waals surface area contributed by atoms with Gasteiger partial charge in [-0.05, 0) is 19.4 Å². The van der Waals surface area contributed by atoms with Gasteiger partial charge in [0.15, 0.2) is 0 Å². The molecule has 0 aliphatic carbocycles. The second-order valence-electron chi connectivity index (χ2n) is 3.08. The zero-order valence-corrected chi connectivity index (χ0v) is 8.15. The smallest absolute Gasteiger partial charge is 0.325 e. The molecule has 1 aromatic heterocycles. The van der Waals surface area contributed by atoms with Crippen LogP contribution in [-0.2, 0) is 22.6 Å². The molecule has 1 rings (SSSR count). The Morgan fingerprint density at radius 3 is 2.71 bits per heavy atom. The van der Waals surface area contributed by atoms with Crippen molar-refractivity contribution in [3.63, 3.8) is 0 Å².